The molecule has 0 saturated heterocycles. The second kappa shape index (κ2) is 14.1. The smallest absolute Gasteiger partial charge is 0.0162 e. The van der Waals surface area contributed by atoms with Gasteiger partial charge in [0, 0.05) is 0 Å². The quantitative estimate of drug-likeness (QED) is 0.286. The summed E-state index contributed by atoms with van der Waals surface area (Å²) in [6.07, 6.45) is 29.5. The first kappa shape index (κ1) is 26.3. The maximum atomic E-state index is 2.48. The highest BCUT2D eigenvalue weighted by atomic mass is 14.4. The Kier molecular flexibility index (Phi) is 10.9. The van der Waals surface area contributed by atoms with E-state index in [-0.39, 0.29) is 0 Å². The highest BCUT2D eigenvalue weighted by Gasteiger charge is 2.30. The molecule has 3 aliphatic carbocycles. The van der Waals surface area contributed by atoms with Crippen molar-refractivity contribution >= 4 is 0 Å². The SMILES string of the molecule is CCCCC[C@H]1CC[C@H]([C@H]2CC[C@H](CCc3ccc([C@H]4CC[C@H](CCC)CC4)cc3)CC2)CC1. The molecule has 34 heavy (non-hydrogen) atoms. The topological polar surface area (TPSA) is 0 Å². The lowest BCUT2D eigenvalue weighted by molar-refractivity contribution is 0.140. The van der Waals surface area contributed by atoms with Crippen LogP contribution in [0.25, 0.3) is 0 Å². The van der Waals surface area contributed by atoms with Crippen LogP contribution >= 0.6 is 0 Å². The van der Waals surface area contributed by atoms with Gasteiger partial charge in [0.05, 0.1) is 0 Å². The number of rotatable bonds is 11. The van der Waals surface area contributed by atoms with Gasteiger partial charge in [0.2, 0.25) is 0 Å². The van der Waals surface area contributed by atoms with Gasteiger partial charge in [-0.25, -0.2) is 0 Å². The van der Waals surface area contributed by atoms with Crippen molar-refractivity contribution in [2.45, 2.75) is 148 Å². The summed E-state index contributed by atoms with van der Waals surface area (Å²) in [6.45, 7) is 4.68. The molecule has 192 valence electrons. The van der Waals surface area contributed by atoms with Crippen LogP contribution in [0.1, 0.15) is 153 Å². The van der Waals surface area contributed by atoms with E-state index in [1.165, 1.54) is 103 Å². The molecule has 3 saturated carbocycles. The molecule has 0 N–H and O–H groups in total. The van der Waals surface area contributed by atoms with Crippen LogP contribution in [0.2, 0.25) is 0 Å². The second-order valence-electron chi connectivity index (χ2n) is 12.8. The summed E-state index contributed by atoms with van der Waals surface area (Å²) in [4.78, 5) is 0. The molecule has 0 unspecified atom stereocenters. The average molecular weight is 465 g/mol. The van der Waals surface area contributed by atoms with E-state index in [9.17, 15) is 0 Å². The minimum Gasteiger partial charge on any atom is -0.0654 e. The van der Waals surface area contributed by atoms with Gasteiger partial charge in [0.15, 0.2) is 0 Å². The van der Waals surface area contributed by atoms with E-state index < -0.39 is 0 Å². The molecule has 0 amide bonds. The Hall–Kier alpha value is -0.780. The number of hydrogen-bond acceptors (Lipinski definition) is 0. The maximum Gasteiger partial charge on any atom is -0.0162 e. The van der Waals surface area contributed by atoms with Crippen LogP contribution < -0.4 is 0 Å². The molecule has 0 heteroatoms. The molecule has 0 atom stereocenters. The van der Waals surface area contributed by atoms with Gasteiger partial charge in [-0.3, -0.25) is 0 Å². The van der Waals surface area contributed by atoms with E-state index in [2.05, 4.69) is 38.1 Å². The van der Waals surface area contributed by atoms with Gasteiger partial charge < -0.3 is 0 Å². The molecule has 0 aliphatic heterocycles. The summed E-state index contributed by atoms with van der Waals surface area (Å²) < 4.78 is 0. The molecule has 1 aromatic carbocycles. The predicted molar refractivity (Wildman–Crippen MR) is 149 cm³/mol. The number of benzene rings is 1. The van der Waals surface area contributed by atoms with Crippen LogP contribution in [-0.4, -0.2) is 0 Å². The van der Waals surface area contributed by atoms with Crippen LogP contribution in [-0.2, 0) is 6.42 Å². The molecule has 0 bridgehead atoms. The van der Waals surface area contributed by atoms with Crippen molar-refractivity contribution in [3.05, 3.63) is 35.4 Å². The number of unbranched alkanes of at least 4 members (excludes halogenated alkanes) is 2. The van der Waals surface area contributed by atoms with Crippen molar-refractivity contribution in [3.8, 4) is 0 Å². The third-order valence-electron chi connectivity index (χ3n) is 10.5. The van der Waals surface area contributed by atoms with Crippen LogP contribution in [0, 0.1) is 29.6 Å². The molecular formula is C34H56. The fraction of sp³-hybridized carbons (Fsp3) is 0.824. The number of hydrogen-bond donors (Lipinski definition) is 0. The lowest BCUT2D eigenvalue weighted by atomic mass is 9.68. The van der Waals surface area contributed by atoms with Gasteiger partial charge in [-0.1, -0.05) is 102 Å². The Balaban J connectivity index is 1.11. The van der Waals surface area contributed by atoms with Crippen molar-refractivity contribution in [2.24, 2.45) is 29.6 Å². The Morgan fingerprint density at radius 3 is 1.62 bits per heavy atom. The zero-order valence-corrected chi connectivity index (χ0v) is 22.9. The first-order valence-corrected chi connectivity index (χ1v) is 15.8. The lowest BCUT2D eigenvalue weighted by Gasteiger charge is -2.38. The Morgan fingerprint density at radius 1 is 0.529 bits per heavy atom. The average Bonchev–Trinajstić information content (AvgIpc) is 2.89. The molecular weight excluding hydrogens is 408 g/mol. The van der Waals surface area contributed by atoms with Gasteiger partial charge in [-0.2, -0.15) is 0 Å². The third kappa shape index (κ3) is 7.86. The molecule has 0 spiro atoms. The Morgan fingerprint density at radius 2 is 1.06 bits per heavy atom. The van der Waals surface area contributed by atoms with Crippen molar-refractivity contribution < 1.29 is 0 Å². The maximum absolute atomic E-state index is 2.48. The summed E-state index contributed by atoms with van der Waals surface area (Å²) in [7, 11) is 0. The lowest BCUT2D eigenvalue weighted by Crippen LogP contribution is -2.26. The van der Waals surface area contributed by atoms with Gasteiger partial charge in [0.25, 0.3) is 0 Å². The third-order valence-corrected chi connectivity index (χ3v) is 10.5. The van der Waals surface area contributed by atoms with Crippen molar-refractivity contribution in [1.29, 1.82) is 0 Å². The first-order chi connectivity index (χ1) is 16.7. The second-order valence-corrected chi connectivity index (χ2v) is 12.8. The normalized spacial score (nSPS) is 32.5. The summed E-state index contributed by atoms with van der Waals surface area (Å²) in [5.74, 6) is 6.06. The molecule has 0 aromatic heterocycles. The predicted octanol–water partition coefficient (Wildman–Crippen LogP) is 10.9. The van der Waals surface area contributed by atoms with E-state index in [0.717, 1.165) is 35.5 Å². The standard InChI is InChI=1S/C34H56/c1-3-5-6-8-28-13-21-32(22-14-28)34-25-17-30(18-26-34)10-9-29-15-23-33(24-16-29)31-19-11-27(7-4-2)12-20-31/h15-16,23-24,27-28,30-32,34H,3-14,17-22,25-26H2,1-2H3/t27-,28-,30-,31-,32-,34-. The van der Waals surface area contributed by atoms with E-state index in [1.54, 1.807) is 36.8 Å². The van der Waals surface area contributed by atoms with Crippen LogP contribution in [0.15, 0.2) is 24.3 Å². The molecule has 0 radical (unpaired) electrons. The highest BCUT2D eigenvalue weighted by Crippen LogP contribution is 2.43. The first-order valence-electron chi connectivity index (χ1n) is 15.8. The minimum atomic E-state index is 0.837. The van der Waals surface area contributed by atoms with Crippen LogP contribution in [0.4, 0.5) is 0 Å². The summed E-state index contributed by atoms with van der Waals surface area (Å²) in [6, 6.07) is 9.90. The summed E-state index contributed by atoms with van der Waals surface area (Å²) >= 11 is 0. The fourth-order valence-corrected chi connectivity index (χ4v) is 8.10. The molecule has 0 heterocycles. The van der Waals surface area contributed by atoms with Gasteiger partial charge in [0.1, 0.15) is 0 Å². The number of aryl methyl sites for hydroxylation is 1. The van der Waals surface area contributed by atoms with Crippen molar-refractivity contribution in [3.63, 3.8) is 0 Å². The van der Waals surface area contributed by atoms with Gasteiger partial charge in [-0.15, -0.1) is 0 Å². The summed E-state index contributed by atoms with van der Waals surface area (Å²) in [5, 5.41) is 0. The molecule has 3 aliphatic rings. The largest absolute Gasteiger partial charge is 0.0654 e. The molecule has 1 aromatic rings. The zero-order valence-electron chi connectivity index (χ0n) is 22.9. The van der Waals surface area contributed by atoms with Crippen LogP contribution in [0.5, 0.6) is 0 Å². The van der Waals surface area contributed by atoms with Gasteiger partial charge in [-0.05, 0) is 111 Å². The van der Waals surface area contributed by atoms with E-state index in [1.807, 2.05) is 0 Å². The minimum absolute atomic E-state index is 0.837. The van der Waals surface area contributed by atoms with E-state index in [4.69, 9.17) is 0 Å². The zero-order chi connectivity index (χ0) is 23.6. The summed E-state index contributed by atoms with van der Waals surface area (Å²) in [5.41, 5.74) is 3.21. The van der Waals surface area contributed by atoms with E-state index in [0.29, 0.717) is 0 Å². The van der Waals surface area contributed by atoms with Crippen LogP contribution in [0.3, 0.4) is 0 Å². The Labute approximate surface area is 213 Å². The Bertz CT molecular complexity index is 648. The monoisotopic (exact) mass is 464 g/mol. The fourth-order valence-electron chi connectivity index (χ4n) is 8.10. The molecule has 0 nitrogen and oxygen atoms in total. The van der Waals surface area contributed by atoms with Crippen molar-refractivity contribution in [2.75, 3.05) is 0 Å². The molecule has 4 rings (SSSR count). The van der Waals surface area contributed by atoms with Gasteiger partial charge >= 0.3 is 0 Å². The van der Waals surface area contributed by atoms with E-state index >= 15 is 0 Å². The molecule has 3 fully saturated rings. The highest BCUT2D eigenvalue weighted by molar-refractivity contribution is 5.26. The van der Waals surface area contributed by atoms with Crippen molar-refractivity contribution in [1.82, 2.24) is 0 Å².